The molecule has 0 aliphatic rings. The molecule has 0 spiro atoms. The summed E-state index contributed by atoms with van der Waals surface area (Å²) < 4.78 is 86.8. The summed E-state index contributed by atoms with van der Waals surface area (Å²) in [5.41, 5.74) is 0. The molecule has 104 valence electrons. The van der Waals surface area contributed by atoms with Crippen LogP contribution in [0.2, 0.25) is 0 Å². The summed E-state index contributed by atoms with van der Waals surface area (Å²) in [5, 5.41) is 0. The lowest BCUT2D eigenvalue weighted by Gasteiger charge is -2.04. The first-order valence-corrected chi connectivity index (χ1v) is 8.40. The summed E-state index contributed by atoms with van der Waals surface area (Å²) in [6.07, 6.45) is 0. The summed E-state index contributed by atoms with van der Waals surface area (Å²) >= 11 is 0. The summed E-state index contributed by atoms with van der Waals surface area (Å²) in [6, 6.07) is 0. The van der Waals surface area contributed by atoms with Crippen molar-refractivity contribution in [3.63, 3.8) is 0 Å². The summed E-state index contributed by atoms with van der Waals surface area (Å²) in [7, 11) is -13.3. The van der Waals surface area contributed by atoms with Crippen molar-refractivity contribution >= 4 is 30.6 Å². The van der Waals surface area contributed by atoms with Crippen LogP contribution in [0.3, 0.4) is 0 Å². The first-order chi connectivity index (χ1) is 7.41. The van der Waals surface area contributed by atoms with Crippen LogP contribution < -0.4 is 0 Å². The molecule has 13 heteroatoms. The topological polar surface area (TPSA) is 161 Å². The van der Waals surface area contributed by atoms with Crippen LogP contribution in [0.4, 0.5) is 0 Å². The molecule has 10 nitrogen and oxygen atoms in total. The van der Waals surface area contributed by atoms with E-state index in [4.69, 9.17) is 9.11 Å². The summed E-state index contributed by atoms with van der Waals surface area (Å²) in [5.74, 6) is -1.93. The summed E-state index contributed by atoms with van der Waals surface area (Å²) in [6.45, 7) is -1.76. The highest BCUT2D eigenvalue weighted by Gasteiger charge is 2.16. The van der Waals surface area contributed by atoms with Crippen molar-refractivity contribution in [2.24, 2.45) is 0 Å². The Bertz CT molecular complexity index is 480. The van der Waals surface area contributed by atoms with Gasteiger partial charge in [-0.25, -0.2) is 8.37 Å². The Hall–Kier alpha value is -0.310. The average Bonchev–Trinajstić information content (AvgIpc) is 1.96. The Morgan fingerprint density at radius 3 is 1.24 bits per heavy atom. The largest absolute Gasteiger partial charge is 0.399 e. The van der Waals surface area contributed by atoms with Crippen LogP contribution in [0.5, 0.6) is 0 Å². The van der Waals surface area contributed by atoms with Crippen LogP contribution in [0.1, 0.15) is 0 Å². The number of hydrogen-bond acceptors (Lipinski definition) is 8. The molecule has 0 aromatic carbocycles. The zero-order chi connectivity index (χ0) is 13.7. The second kappa shape index (κ2) is 6.03. The van der Waals surface area contributed by atoms with Crippen molar-refractivity contribution in [2.45, 2.75) is 0 Å². The molecule has 0 unspecified atom stereocenters. The normalized spacial score (nSPS) is 13.8. The van der Waals surface area contributed by atoms with Gasteiger partial charge in [-0.3, -0.25) is 9.11 Å². The average molecular weight is 314 g/mol. The van der Waals surface area contributed by atoms with Crippen LogP contribution in [0.25, 0.3) is 0 Å². The van der Waals surface area contributed by atoms with Gasteiger partial charge in [0.15, 0.2) is 0 Å². The molecule has 0 aliphatic heterocycles. The molecule has 0 amide bonds. The first kappa shape index (κ1) is 16.7. The predicted octanol–water partition coefficient (Wildman–Crippen LogP) is -1.96. The van der Waals surface area contributed by atoms with E-state index in [0.29, 0.717) is 0 Å². The first-order valence-electron chi connectivity index (χ1n) is 3.85. The molecule has 0 saturated carbocycles. The Kier molecular flexibility index (Phi) is 5.92. The lowest BCUT2D eigenvalue weighted by Crippen LogP contribution is -2.19. The maximum Gasteiger partial charge on any atom is 0.399 e. The molecule has 0 atom stereocenters. The Morgan fingerprint density at radius 2 is 1.00 bits per heavy atom. The molecule has 0 aliphatic carbocycles. The van der Waals surface area contributed by atoms with Crippen LogP contribution in [-0.2, 0) is 39.0 Å². The van der Waals surface area contributed by atoms with Gasteiger partial charge in [-0.15, -0.1) is 0 Å². The second-order valence-corrected chi connectivity index (χ2v) is 7.06. The van der Waals surface area contributed by atoms with Gasteiger partial charge in [0, 0.05) is 0 Å². The van der Waals surface area contributed by atoms with Crippen LogP contribution >= 0.6 is 0 Å². The third kappa shape index (κ3) is 11.9. The molecule has 0 rings (SSSR count). The van der Waals surface area contributed by atoms with Crippen LogP contribution in [-0.4, -0.2) is 59.1 Å². The van der Waals surface area contributed by atoms with Gasteiger partial charge in [0.05, 0.1) is 13.2 Å². The fourth-order valence-electron chi connectivity index (χ4n) is 0.517. The van der Waals surface area contributed by atoms with E-state index in [2.05, 4.69) is 8.37 Å². The second-order valence-electron chi connectivity index (χ2n) is 2.62. The highest BCUT2D eigenvalue weighted by molar-refractivity contribution is 7.86. The molecule has 0 heterocycles. The Morgan fingerprint density at radius 1 is 0.706 bits per heavy atom. The van der Waals surface area contributed by atoms with Crippen LogP contribution in [0.15, 0.2) is 0 Å². The van der Waals surface area contributed by atoms with E-state index in [1.54, 1.807) is 0 Å². The van der Waals surface area contributed by atoms with E-state index in [9.17, 15) is 25.3 Å². The van der Waals surface area contributed by atoms with Gasteiger partial charge in [0.25, 0.3) is 20.2 Å². The molecule has 0 fully saturated rings. The Balaban J connectivity index is 4.06. The highest BCUT2D eigenvalue weighted by atomic mass is 32.3. The third-order valence-corrected chi connectivity index (χ3v) is 3.41. The molecular weight excluding hydrogens is 304 g/mol. The molecule has 0 aromatic heterocycles. The molecule has 2 N–H and O–H groups in total. The fraction of sp³-hybridized carbons (Fsp3) is 1.00. The van der Waals surface area contributed by atoms with Gasteiger partial charge in [0.2, 0.25) is 0 Å². The third-order valence-electron chi connectivity index (χ3n) is 1.14. The SMILES string of the molecule is O=S(=O)(O)CCOS(=O)(=O)OCCS(=O)(=O)O. The van der Waals surface area contributed by atoms with Crippen molar-refractivity contribution in [1.82, 2.24) is 0 Å². The van der Waals surface area contributed by atoms with Crippen LogP contribution in [0, 0.1) is 0 Å². The van der Waals surface area contributed by atoms with Crippen molar-refractivity contribution in [2.75, 3.05) is 24.7 Å². The van der Waals surface area contributed by atoms with Crippen molar-refractivity contribution in [1.29, 1.82) is 0 Å². The van der Waals surface area contributed by atoms with E-state index in [1.165, 1.54) is 0 Å². The lowest BCUT2D eigenvalue weighted by molar-refractivity contribution is 0.230. The molecular formula is C4H10O10S3. The monoisotopic (exact) mass is 314 g/mol. The van der Waals surface area contributed by atoms with Gasteiger partial charge in [-0.2, -0.15) is 25.3 Å². The van der Waals surface area contributed by atoms with Crippen molar-refractivity contribution in [3.8, 4) is 0 Å². The molecule has 0 saturated heterocycles. The Labute approximate surface area is 98.4 Å². The van der Waals surface area contributed by atoms with Gasteiger partial charge in [0.1, 0.15) is 11.5 Å². The van der Waals surface area contributed by atoms with E-state index < -0.39 is 55.4 Å². The molecule has 0 radical (unpaired) electrons. The molecule has 0 aromatic rings. The smallest absolute Gasteiger partial charge is 0.285 e. The van der Waals surface area contributed by atoms with Gasteiger partial charge in [-0.1, -0.05) is 0 Å². The van der Waals surface area contributed by atoms with Gasteiger partial charge in [-0.05, 0) is 0 Å². The van der Waals surface area contributed by atoms with Crippen molar-refractivity contribution in [3.05, 3.63) is 0 Å². The summed E-state index contributed by atoms with van der Waals surface area (Å²) in [4.78, 5) is 0. The standard InChI is InChI=1S/C4H10O10S3/c5-15(6,7)3-1-13-17(11,12)14-2-4-16(8,9)10/h1-4H2,(H,5,6,7)(H,8,9,10). The van der Waals surface area contributed by atoms with Crippen molar-refractivity contribution < 1.29 is 42.7 Å². The zero-order valence-electron chi connectivity index (χ0n) is 8.21. The minimum absolute atomic E-state index is 0.882. The zero-order valence-corrected chi connectivity index (χ0v) is 10.7. The fourth-order valence-corrected chi connectivity index (χ4v) is 1.96. The maximum absolute atomic E-state index is 10.8. The minimum Gasteiger partial charge on any atom is -0.285 e. The van der Waals surface area contributed by atoms with E-state index in [-0.39, 0.29) is 0 Å². The molecule has 17 heavy (non-hydrogen) atoms. The van der Waals surface area contributed by atoms with Gasteiger partial charge < -0.3 is 0 Å². The van der Waals surface area contributed by atoms with E-state index in [1.807, 2.05) is 0 Å². The highest BCUT2D eigenvalue weighted by Crippen LogP contribution is 1.97. The van der Waals surface area contributed by atoms with E-state index >= 15 is 0 Å². The number of hydrogen-bond donors (Lipinski definition) is 2. The minimum atomic E-state index is -4.58. The number of rotatable bonds is 8. The quantitative estimate of drug-likeness (QED) is 0.481. The van der Waals surface area contributed by atoms with E-state index in [0.717, 1.165) is 0 Å². The molecule has 0 bridgehead atoms. The van der Waals surface area contributed by atoms with Gasteiger partial charge >= 0.3 is 10.4 Å². The lowest BCUT2D eigenvalue weighted by atomic mass is 10.9. The predicted molar refractivity (Wildman–Crippen MR) is 53.7 cm³/mol. The maximum atomic E-state index is 10.8.